The molecule has 0 nitrogen and oxygen atoms in total. The number of halogens is 2. The summed E-state index contributed by atoms with van der Waals surface area (Å²) in [7, 11) is 0. The van der Waals surface area contributed by atoms with E-state index < -0.39 is 0 Å². The van der Waals surface area contributed by atoms with Crippen molar-refractivity contribution in [3.05, 3.63) is 70.8 Å². The molecule has 1 aliphatic rings. The van der Waals surface area contributed by atoms with Gasteiger partial charge in [0.2, 0.25) is 0 Å². The second-order valence-corrected chi connectivity index (χ2v) is 7.16. The van der Waals surface area contributed by atoms with Crippen LogP contribution in [0.1, 0.15) is 68.1 Å². The highest BCUT2D eigenvalue weighted by Crippen LogP contribution is 2.37. The van der Waals surface area contributed by atoms with Crippen LogP contribution in [0.4, 0.5) is 8.78 Å². The Kier molecular flexibility index (Phi) is 5.65. The summed E-state index contributed by atoms with van der Waals surface area (Å²) >= 11 is 0. The molecule has 2 heteroatoms. The Hall–Kier alpha value is -1.70. The molecule has 0 bridgehead atoms. The van der Waals surface area contributed by atoms with E-state index in [2.05, 4.69) is 13.0 Å². The molecule has 0 saturated heterocycles. The van der Waals surface area contributed by atoms with Gasteiger partial charge in [0, 0.05) is 6.42 Å². The summed E-state index contributed by atoms with van der Waals surface area (Å²) in [6.07, 6.45) is 8.02. The van der Waals surface area contributed by atoms with Crippen LogP contribution in [0.25, 0.3) is 0 Å². The maximum atomic E-state index is 14.5. The Labute approximate surface area is 143 Å². The summed E-state index contributed by atoms with van der Waals surface area (Å²) in [5.41, 5.74) is 2.76. The lowest BCUT2D eigenvalue weighted by atomic mass is 9.77. The highest BCUT2D eigenvalue weighted by molar-refractivity contribution is 5.32. The number of benzene rings is 2. The summed E-state index contributed by atoms with van der Waals surface area (Å²) in [6, 6.07) is 12.0. The maximum Gasteiger partial charge on any atom is 0.127 e. The SMILES string of the molecule is CCCC1CCC(c2ccc(Cc3ccc(F)cc3)c(F)c2)CC1. The fraction of sp³-hybridized carbons (Fsp3) is 0.455. The zero-order valence-electron chi connectivity index (χ0n) is 14.4. The first-order chi connectivity index (χ1) is 11.7. The van der Waals surface area contributed by atoms with Crippen LogP contribution in [0.5, 0.6) is 0 Å². The lowest BCUT2D eigenvalue weighted by molar-refractivity contribution is 0.308. The Balaban J connectivity index is 1.65. The lowest BCUT2D eigenvalue weighted by Gasteiger charge is -2.28. The predicted octanol–water partition coefficient (Wildman–Crippen LogP) is 6.63. The van der Waals surface area contributed by atoms with Crippen LogP contribution in [0.15, 0.2) is 42.5 Å². The standard InChI is InChI=1S/C22H26F2/c1-2-3-16-4-8-18(9-5-16)19-10-11-20(22(24)15-19)14-17-6-12-21(23)13-7-17/h6-7,10-13,15-16,18H,2-5,8-9,14H2,1H3. The van der Waals surface area contributed by atoms with E-state index in [1.165, 1.54) is 50.7 Å². The van der Waals surface area contributed by atoms with Gasteiger partial charge in [-0.05, 0) is 72.4 Å². The smallest absolute Gasteiger partial charge is 0.127 e. The van der Waals surface area contributed by atoms with E-state index in [9.17, 15) is 8.78 Å². The van der Waals surface area contributed by atoms with Crippen molar-refractivity contribution >= 4 is 0 Å². The molecule has 1 saturated carbocycles. The zero-order valence-corrected chi connectivity index (χ0v) is 14.4. The minimum Gasteiger partial charge on any atom is -0.207 e. The van der Waals surface area contributed by atoms with E-state index in [0.717, 1.165) is 17.0 Å². The molecule has 0 aromatic heterocycles. The highest BCUT2D eigenvalue weighted by Gasteiger charge is 2.22. The Bertz CT molecular complexity index is 652. The summed E-state index contributed by atoms with van der Waals surface area (Å²) in [4.78, 5) is 0. The third-order valence-electron chi connectivity index (χ3n) is 5.40. The van der Waals surface area contributed by atoms with Gasteiger partial charge >= 0.3 is 0 Å². The zero-order chi connectivity index (χ0) is 16.9. The van der Waals surface area contributed by atoms with Gasteiger partial charge in [-0.3, -0.25) is 0 Å². The van der Waals surface area contributed by atoms with Gasteiger partial charge in [-0.25, -0.2) is 8.78 Å². The van der Waals surface area contributed by atoms with Crippen LogP contribution in [0.2, 0.25) is 0 Å². The second-order valence-electron chi connectivity index (χ2n) is 7.16. The first-order valence-corrected chi connectivity index (χ1v) is 9.18. The Morgan fingerprint density at radius 1 is 0.917 bits per heavy atom. The largest absolute Gasteiger partial charge is 0.207 e. The Morgan fingerprint density at radius 3 is 2.25 bits per heavy atom. The van der Waals surface area contributed by atoms with E-state index in [4.69, 9.17) is 0 Å². The van der Waals surface area contributed by atoms with Crippen molar-refractivity contribution in [2.75, 3.05) is 0 Å². The van der Waals surface area contributed by atoms with E-state index in [1.54, 1.807) is 18.2 Å². The third kappa shape index (κ3) is 4.23. The van der Waals surface area contributed by atoms with Gasteiger partial charge in [-0.1, -0.05) is 44.0 Å². The first kappa shape index (κ1) is 17.1. The van der Waals surface area contributed by atoms with Gasteiger partial charge in [-0.15, -0.1) is 0 Å². The molecule has 0 N–H and O–H groups in total. The minimum atomic E-state index is -0.256. The van der Waals surface area contributed by atoms with Crippen LogP contribution < -0.4 is 0 Å². The molecule has 3 rings (SSSR count). The molecule has 1 fully saturated rings. The molecule has 128 valence electrons. The van der Waals surface area contributed by atoms with E-state index in [0.29, 0.717) is 17.9 Å². The second kappa shape index (κ2) is 7.92. The molecular weight excluding hydrogens is 302 g/mol. The number of hydrogen-bond donors (Lipinski definition) is 0. The van der Waals surface area contributed by atoms with E-state index >= 15 is 0 Å². The molecule has 0 radical (unpaired) electrons. The van der Waals surface area contributed by atoms with Crippen molar-refractivity contribution in [1.29, 1.82) is 0 Å². The van der Waals surface area contributed by atoms with Gasteiger partial charge < -0.3 is 0 Å². The van der Waals surface area contributed by atoms with Crippen LogP contribution in [-0.4, -0.2) is 0 Å². The van der Waals surface area contributed by atoms with Crippen molar-refractivity contribution in [2.45, 2.75) is 57.8 Å². The van der Waals surface area contributed by atoms with Crippen LogP contribution in [0.3, 0.4) is 0 Å². The molecule has 24 heavy (non-hydrogen) atoms. The number of hydrogen-bond acceptors (Lipinski definition) is 0. The van der Waals surface area contributed by atoms with E-state index in [1.807, 2.05) is 6.07 Å². The van der Waals surface area contributed by atoms with Gasteiger partial charge in [0.05, 0.1) is 0 Å². The summed E-state index contributed by atoms with van der Waals surface area (Å²) in [6.45, 7) is 2.25. The maximum absolute atomic E-state index is 14.5. The average molecular weight is 328 g/mol. The van der Waals surface area contributed by atoms with Crippen molar-refractivity contribution in [3.63, 3.8) is 0 Å². The van der Waals surface area contributed by atoms with Crippen LogP contribution in [0, 0.1) is 17.6 Å². The Morgan fingerprint density at radius 2 is 1.62 bits per heavy atom. The predicted molar refractivity (Wildman–Crippen MR) is 95.2 cm³/mol. The molecule has 0 amide bonds. The first-order valence-electron chi connectivity index (χ1n) is 9.18. The van der Waals surface area contributed by atoms with Crippen LogP contribution >= 0.6 is 0 Å². The van der Waals surface area contributed by atoms with Gasteiger partial charge in [0.15, 0.2) is 0 Å². The molecule has 0 heterocycles. The number of rotatable bonds is 5. The molecule has 0 atom stereocenters. The van der Waals surface area contributed by atoms with Crippen LogP contribution in [-0.2, 0) is 6.42 Å². The summed E-state index contributed by atoms with van der Waals surface area (Å²) in [5.74, 6) is 0.988. The van der Waals surface area contributed by atoms with Crippen molar-refractivity contribution in [1.82, 2.24) is 0 Å². The third-order valence-corrected chi connectivity index (χ3v) is 5.40. The van der Waals surface area contributed by atoms with E-state index in [-0.39, 0.29) is 11.6 Å². The van der Waals surface area contributed by atoms with Gasteiger partial charge in [-0.2, -0.15) is 0 Å². The fourth-order valence-electron chi connectivity index (χ4n) is 3.98. The molecule has 0 aliphatic heterocycles. The van der Waals surface area contributed by atoms with Gasteiger partial charge in [0.1, 0.15) is 11.6 Å². The minimum absolute atomic E-state index is 0.132. The molecule has 2 aromatic rings. The highest BCUT2D eigenvalue weighted by atomic mass is 19.1. The van der Waals surface area contributed by atoms with Gasteiger partial charge in [0.25, 0.3) is 0 Å². The molecule has 0 spiro atoms. The monoisotopic (exact) mass is 328 g/mol. The van der Waals surface area contributed by atoms with Crippen molar-refractivity contribution in [3.8, 4) is 0 Å². The topological polar surface area (TPSA) is 0 Å². The summed E-state index contributed by atoms with van der Waals surface area (Å²) in [5, 5.41) is 0. The van der Waals surface area contributed by atoms with Crippen molar-refractivity contribution in [2.24, 2.45) is 5.92 Å². The quantitative estimate of drug-likeness (QED) is 0.578. The van der Waals surface area contributed by atoms with Crippen molar-refractivity contribution < 1.29 is 8.78 Å². The molecular formula is C22H26F2. The normalized spacial score (nSPS) is 21.0. The summed E-state index contributed by atoms with van der Waals surface area (Å²) < 4.78 is 27.5. The average Bonchev–Trinajstić information content (AvgIpc) is 2.60. The molecule has 1 aliphatic carbocycles. The fourth-order valence-corrected chi connectivity index (χ4v) is 3.98. The lowest BCUT2D eigenvalue weighted by Crippen LogP contribution is -2.13. The molecule has 2 aromatic carbocycles. The molecule has 0 unspecified atom stereocenters.